The van der Waals surface area contributed by atoms with Crippen LogP contribution in [0.25, 0.3) is 0 Å². The number of nitrogens with zero attached hydrogens (tertiary/aromatic N) is 1. The minimum Gasteiger partial charge on any atom is -0.545 e. The summed E-state index contributed by atoms with van der Waals surface area (Å²) in [7, 11) is 0. The van der Waals surface area contributed by atoms with E-state index in [1.807, 2.05) is 0 Å². The molecule has 0 atom stereocenters. The van der Waals surface area contributed by atoms with Gasteiger partial charge in [-0.05, 0) is 25.5 Å². The number of nitro benzene ring substituents is 1. The van der Waals surface area contributed by atoms with Crippen molar-refractivity contribution < 1.29 is 44.4 Å². The minimum absolute atomic E-state index is 0. The fraction of sp³-hybridized carbons (Fsp3) is 0.222. The molecule has 0 aliphatic heterocycles. The SMILES string of the molecule is Cc1c(C(=O)[O-])ccc([N+](=O)[O-])c1C.[Na+]. The van der Waals surface area contributed by atoms with Gasteiger partial charge in [0.2, 0.25) is 0 Å². The number of nitro groups is 1. The van der Waals surface area contributed by atoms with Crippen molar-refractivity contribution >= 4 is 11.7 Å². The van der Waals surface area contributed by atoms with Gasteiger partial charge in [0.05, 0.1) is 10.9 Å². The summed E-state index contributed by atoms with van der Waals surface area (Å²) in [6, 6.07) is 2.36. The molecule has 0 fully saturated rings. The van der Waals surface area contributed by atoms with E-state index in [0.29, 0.717) is 11.1 Å². The second-order valence-electron chi connectivity index (χ2n) is 2.93. The van der Waals surface area contributed by atoms with E-state index in [1.165, 1.54) is 26.0 Å². The number of carboxylic acid groups (broad SMARTS) is 1. The molecule has 0 saturated heterocycles. The summed E-state index contributed by atoms with van der Waals surface area (Å²) in [5.41, 5.74) is 0.650. The van der Waals surface area contributed by atoms with Crippen molar-refractivity contribution in [1.82, 2.24) is 0 Å². The van der Waals surface area contributed by atoms with Gasteiger partial charge in [-0.3, -0.25) is 10.1 Å². The zero-order chi connectivity index (χ0) is 10.9. The minimum atomic E-state index is -1.32. The van der Waals surface area contributed by atoms with Crippen molar-refractivity contribution in [3.05, 3.63) is 38.9 Å². The Labute approximate surface area is 109 Å². The molecule has 0 aliphatic carbocycles. The maximum Gasteiger partial charge on any atom is 1.00 e. The number of carboxylic acids is 1. The van der Waals surface area contributed by atoms with Crippen LogP contribution in [0.15, 0.2) is 12.1 Å². The summed E-state index contributed by atoms with van der Waals surface area (Å²) in [6.45, 7) is 3.04. The molecule has 0 amide bonds. The fourth-order valence-electron chi connectivity index (χ4n) is 1.23. The van der Waals surface area contributed by atoms with Crippen LogP contribution in [0.5, 0.6) is 0 Å². The monoisotopic (exact) mass is 217 g/mol. The Kier molecular flexibility index (Phi) is 4.93. The Morgan fingerprint density at radius 1 is 1.27 bits per heavy atom. The number of hydrogen-bond acceptors (Lipinski definition) is 4. The van der Waals surface area contributed by atoms with Crippen LogP contribution in [0.4, 0.5) is 5.69 Å². The molecule has 0 unspecified atom stereocenters. The zero-order valence-corrected chi connectivity index (χ0v) is 10.7. The van der Waals surface area contributed by atoms with Gasteiger partial charge in [0, 0.05) is 17.2 Å². The molecule has 0 aliphatic rings. The van der Waals surface area contributed by atoms with E-state index in [-0.39, 0.29) is 40.8 Å². The van der Waals surface area contributed by atoms with Gasteiger partial charge in [-0.15, -0.1) is 0 Å². The van der Waals surface area contributed by atoms with Crippen molar-refractivity contribution in [2.75, 3.05) is 0 Å². The molecule has 0 heterocycles. The first-order chi connectivity index (χ1) is 6.45. The molecule has 6 heteroatoms. The Morgan fingerprint density at radius 2 is 1.80 bits per heavy atom. The Hall–Kier alpha value is -0.910. The molecule has 5 nitrogen and oxygen atoms in total. The van der Waals surface area contributed by atoms with Gasteiger partial charge >= 0.3 is 29.6 Å². The largest absolute Gasteiger partial charge is 1.00 e. The maximum atomic E-state index is 10.6. The molecular formula is C9H8NNaO4. The van der Waals surface area contributed by atoms with E-state index >= 15 is 0 Å². The van der Waals surface area contributed by atoms with Crippen LogP contribution in [-0.2, 0) is 0 Å². The van der Waals surface area contributed by atoms with E-state index in [9.17, 15) is 20.0 Å². The van der Waals surface area contributed by atoms with Gasteiger partial charge in [-0.25, -0.2) is 0 Å². The Bertz CT molecular complexity index is 378. The Morgan fingerprint density at radius 3 is 2.20 bits per heavy atom. The molecule has 15 heavy (non-hydrogen) atoms. The average molecular weight is 217 g/mol. The van der Waals surface area contributed by atoms with Crippen LogP contribution in [0.1, 0.15) is 21.5 Å². The van der Waals surface area contributed by atoms with Gasteiger partial charge in [0.25, 0.3) is 5.69 Å². The van der Waals surface area contributed by atoms with Crippen molar-refractivity contribution in [2.24, 2.45) is 0 Å². The van der Waals surface area contributed by atoms with Gasteiger partial charge in [0.15, 0.2) is 0 Å². The van der Waals surface area contributed by atoms with Gasteiger partial charge in [-0.2, -0.15) is 0 Å². The van der Waals surface area contributed by atoms with Crippen LogP contribution >= 0.6 is 0 Å². The van der Waals surface area contributed by atoms with Crippen LogP contribution in [0, 0.1) is 24.0 Å². The summed E-state index contributed by atoms with van der Waals surface area (Å²) in [4.78, 5) is 20.5. The van der Waals surface area contributed by atoms with Gasteiger partial charge in [-0.1, -0.05) is 0 Å². The third-order valence-electron chi connectivity index (χ3n) is 2.18. The van der Waals surface area contributed by atoms with Crippen LogP contribution in [-0.4, -0.2) is 10.9 Å². The number of carbonyl (C=O) groups excluding carboxylic acids is 1. The second kappa shape index (κ2) is 5.25. The first kappa shape index (κ1) is 14.1. The van der Waals surface area contributed by atoms with E-state index in [1.54, 1.807) is 0 Å². The van der Waals surface area contributed by atoms with Crippen LogP contribution < -0.4 is 34.7 Å². The first-order valence-electron chi connectivity index (χ1n) is 3.91. The van der Waals surface area contributed by atoms with Gasteiger partial charge < -0.3 is 9.90 Å². The molecule has 0 bridgehead atoms. The predicted molar refractivity (Wildman–Crippen MR) is 46.9 cm³/mol. The zero-order valence-electron chi connectivity index (χ0n) is 8.73. The smallest absolute Gasteiger partial charge is 0.545 e. The molecule has 74 valence electrons. The number of hydrogen-bond donors (Lipinski definition) is 0. The molecule has 0 N–H and O–H groups in total. The molecule has 0 aromatic heterocycles. The van der Waals surface area contributed by atoms with Crippen molar-refractivity contribution in [1.29, 1.82) is 0 Å². The number of rotatable bonds is 2. The Balaban J connectivity index is 0.00000196. The summed E-state index contributed by atoms with van der Waals surface area (Å²) in [5, 5.41) is 21.1. The third-order valence-corrected chi connectivity index (χ3v) is 2.18. The number of benzene rings is 1. The summed E-state index contributed by atoms with van der Waals surface area (Å²) >= 11 is 0. The molecule has 0 radical (unpaired) electrons. The van der Waals surface area contributed by atoms with E-state index in [2.05, 4.69) is 0 Å². The maximum absolute atomic E-state index is 10.6. The fourth-order valence-corrected chi connectivity index (χ4v) is 1.23. The quantitative estimate of drug-likeness (QED) is 0.313. The summed E-state index contributed by atoms with van der Waals surface area (Å²) in [5.74, 6) is -1.32. The topological polar surface area (TPSA) is 83.3 Å². The number of aromatic carboxylic acids is 1. The summed E-state index contributed by atoms with van der Waals surface area (Å²) in [6.07, 6.45) is 0. The van der Waals surface area contributed by atoms with E-state index in [4.69, 9.17) is 0 Å². The van der Waals surface area contributed by atoms with E-state index < -0.39 is 10.9 Å². The third kappa shape index (κ3) is 2.77. The van der Waals surface area contributed by atoms with Crippen LogP contribution in [0.3, 0.4) is 0 Å². The van der Waals surface area contributed by atoms with Crippen molar-refractivity contribution in [3.8, 4) is 0 Å². The second-order valence-corrected chi connectivity index (χ2v) is 2.93. The molecule has 1 rings (SSSR count). The molecule has 1 aromatic carbocycles. The predicted octanol–water partition coefficient (Wildman–Crippen LogP) is -2.42. The molecule has 1 aromatic rings. The van der Waals surface area contributed by atoms with Gasteiger partial charge in [0.1, 0.15) is 0 Å². The molecular weight excluding hydrogens is 209 g/mol. The standard InChI is InChI=1S/C9H9NO4.Na/c1-5-6(2)8(10(13)14)4-3-7(5)9(11)12;/h3-4H,1-2H3,(H,11,12);/q;+1/p-1. The number of carbonyl (C=O) groups is 1. The normalized spacial score (nSPS) is 9.20. The van der Waals surface area contributed by atoms with Crippen molar-refractivity contribution in [3.63, 3.8) is 0 Å². The summed E-state index contributed by atoms with van der Waals surface area (Å²) < 4.78 is 0. The van der Waals surface area contributed by atoms with E-state index in [0.717, 1.165) is 0 Å². The van der Waals surface area contributed by atoms with Crippen LogP contribution in [0.2, 0.25) is 0 Å². The molecule has 0 spiro atoms. The average Bonchev–Trinajstić information content (AvgIpc) is 2.08. The first-order valence-corrected chi connectivity index (χ1v) is 3.91. The molecule has 0 saturated carbocycles. The van der Waals surface area contributed by atoms with Crippen molar-refractivity contribution in [2.45, 2.75) is 13.8 Å².